The molecular weight excluding hydrogens is 112 g/mol. The van der Waals surface area contributed by atoms with Crippen molar-refractivity contribution >= 4 is 0 Å². The first-order valence-corrected chi connectivity index (χ1v) is 2.33. The van der Waals surface area contributed by atoms with Gasteiger partial charge in [-0.25, -0.2) is 5.23 Å². The van der Waals surface area contributed by atoms with Crippen molar-refractivity contribution in [3.05, 3.63) is 5.21 Å². The summed E-state index contributed by atoms with van der Waals surface area (Å²) in [5, 5.41) is 9.69. The molecule has 2 atom stereocenters. The van der Waals surface area contributed by atoms with Crippen molar-refractivity contribution < 1.29 is 14.9 Å². The number of hydrogen-bond donors (Lipinski definition) is 2. The Hall–Kier alpha value is -0.200. The zero-order valence-corrected chi connectivity index (χ0v) is 4.51. The maximum Gasteiger partial charge on any atom is 0.159 e. The van der Waals surface area contributed by atoms with Crippen LogP contribution in [0, 0.1) is 5.21 Å². The lowest BCUT2D eigenvalue weighted by atomic mass is 10.8. The summed E-state index contributed by atoms with van der Waals surface area (Å²) in [6, 6.07) is 0. The van der Waals surface area contributed by atoms with Gasteiger partial charge in [-0.1, -0.05) is 0 Å². The molecule has 0 radical (unpaired) electrons. The summed E-state index contributed by atoms with van der Waals surface area (Å²) >= 11 is 0. The first kappa shape index (κ1) is 5.93. The molecule has 0 aromatic carbocycles. The Morgan fingerprint density at radius 3 is 3.00 bits per heavy atom. The zero-order valence-electron chi connectivity index (χ0n) is 4.51. The molecule has 1 rings (SSSR count). The Bertz CT molecular complexity index is 70.9. The molecule has 1 aliphatic rings. The van der Waals surface area contributed by atoms with Crippen LogP contribution in [0.25, 0.3) is 0 Å². The number of rotatable bonds is 3. The van der Waals surface area contributed by atoms with Crippen molar-refractivity contribution in [3.63, 3.8) is 0 Å². The molecule has 0 amide bonds. The SMILES string of the molecule is C[NH+]([O-])ONC1CO1. The van der Waals surface area contributed by atoms with E-state index in [1.54, 1.807) is 0 Å². The van der Waals surface area contributed by atoms with E-state index < -0.39 is 0 Å². The Labute approximate surface area is 46.7 Å². The lowest BCUT2D eigenvalue weighted by Gasteiger charge is -2.11. The molecule has 0 saturated carbocycles. The molecule has 2 unspecified atom stereocenters. The number of epoxide rings is 1. The van der Waals surface area contributed by atoms with Gasteiger partial charge in [0.1, 0.15) is 0 Å². The molecule has 5 heteroatoms. The van der Waals surface area contributed by atoms with Crippen LogP contribution in [0.3, 0.4) is 0 Å². The van der Waals surface area contributed by atoms with Crippen LogP contribution in [-0.4, -0.2) is 19.9 Å². The van der Waals surface area contributed by atoms with Crippen LogP contribution in [0.1, 0.15) is 0 Å². The zero-order chi connectivity index (χ0) is 5.98. The van der Waals surface area contributed by atoms with E-state index in [9.17, 15) is 5.21 Å². The van der Waals surface area contributed by atoms with Crippen LogP contribution in [-0.2, 0) is 9.68 Å². The number of hydroxylamine groups is 3. The largest absolute Gasteiger partial charge is 0.599 e. The van der Waals surface area contributed by atoms with Gasteiger partial charge in [-0.15, -0.1) is 10.4 Å². The summed E-state index contributed by atoms with van der Waals surface area (Å²) in [5.74, 6) is 0. The van der Waals surface area contributed by atoms with E-state index in [1.165, 1.54) is 7.05 Å². The van der Waals surface area contributed by atoms with Crippen LogP contribution in [0.4, 0.5) is 0 Å². The monoisotopic (exact) mass is 120 g/mol. The highest BCUT2D eigenvalue weighted by Gasteiger charge is 2.22. The normalized spacial score (nSPS) is 30.0. The van der Waals surface area contributed by atoms with Gasteiger partial charge in [0, 0.05) is 0 Å². The van der Waals surface area contributed by atoms with Gasteiger partial charge >= 0.3 is 0 Å². The first-order valence-electron chi connectivity index (χ1n) is 2.33. The van der Waals surface area contributed by atoms with Crippen molar-refractivity contribution in [1.82, 2.24) is 5.48 Å². The summed E-state index contributed by atoms with van der Waals surface area (Å²) in [4.78, 5) is 4.35. The fourth-order valence-corrected chi connectivity index (χ4v) is 0.265. The highest BCUT2D eigenvalue weighted by Crippen LogP contribution is 2.01. The highest BCUT2D eigenvalue weighted by molar-refractivity contribution is 4.58. The van der Waals surface area contributed by atoms with Gasteiger partial charge in [-0.3, -0.25) is 0 Å². The smallest absolute Gasteiger partial charge is 0.159 e. The molecule has 0 bridgehead atoms. The van der Waals surface area contributed by atoms with Crippen LogP contribution >= 0.6 is 0 Å². The van der Waals surface area contributed by atoms with E-state index in [2.05, 4.69) is 15.2 Å². The predicted octanol–water partition coefficient (Wildman–Crippen LogP) is -2.21. The highest BCUT2D eigenvalue weighted by atomic mass is 17.0. The van der Waals surface area contributed by atoms with Gasteiger partial charge in [0.25, 0.3) is 0 Å². The molecule has 1 saturated heterocycles. The second-order valence-electron chi connectivity index (χ2n) is 1.53. The number of nitrogens with one attached hydrogen (secondary N) is 2. The number of quaternary nitrogens is 1. The van der Waals surface area contributed by atoms with Crippen LogP contribution in [0.2, 0.25) is 0 Å². The molecular formula is C3H8N2O3. The number of ether oxygens (including phenoxy) is 1. The minimum absolute atomic E-state index is 0.0566. The molecule has 0 aromatic rings. The van der Waals surface area contributed by atoms with E-state index in [1.807, 2.05) is 0 Å². The van der Waals surface area contributed by atoms with Crippen molar-refractivity contribution in [2.24, 2.45) is 0 Å². The van der Waals surface area contributed by atoms with E-state index in [0.29, 0.717) is 6.61 Å². The van der Waals surface area contributed by atoms with Crippen molar-refractivity contribution in [1.29, 1.82) is 0 Å². The molecule has 1 fully saturated rings. The van der Waals surface area contributed by atoms with Crippen molar-refractivity contribution in [2.75, 3.05) is 13.7 Å². The number of hydrogen-bond acceptors (Lipinski definition) is 4. The second kappa shape index (κ2) is 2.38. The Kier molecular flexibility index (Phi) is 1.77. The molecule has 5 nitrogen and oxygen atoms in total. The Morgan fingerprint density at radius 1 is 2.00 bits per heavy atom. The molecule has 0 aliphatic carbocycles. The minimum atomic E-state index is -0.347. The Balaban J connectivity index is 1.87. The second-order valence-corrected chi connectivity index (χ2v) is 1.53. The van der Waals surface area contributed by atoms with E-state index in [4.69, 9.17) is 0 Å². The van der Waals surface area contributed by atoms with Crippen LogP contribution in [0.15, 0.2) is 0 Å². The lowest BCUT2D eigenvalue weighted by Crippen LogP contribution is -3.04. The summed E-state index contributed by atoms with van der Waals surface area (Å²) < 4.78 is 4.67. The molecule has 0 spiro atoms. The van der Waals surface area contributed by atoms with E-state index in [0.717, 1.165) is 0 Å². The van der Waals surface area contributed by atoms with Gasteiger partial charge in [0.2, 0.25) is 0 Å². The maximum atomic E-state index is 10.0. The lowest BCUT2D eigenvalue weighted by molar-refractivity contribution is -1.05. The standard InChI is InChI=1S/C3H8N2O3/c1-5(6)8-4-3-2-7-3/h3-5H,2H2,1H3. The van der Waals surface area contributed by atoms with Crippen LogP contribution in [0.5, 0.6) is 0 Å². The summed E-state index contributed by atoms with van der Waals surface area (Å²) in [6.07, 6.45) is -0.0566. The molecule has 2 N–H and O–H groups in total. The van der Waals surface area contributed by atoms with Crippen molar-refractivity contribution in [2.45, 2.75) is 6.23 Å². The average molecular weight is 120 g/mol. The van der Waals surface area contributed by atoms with Gasteiger partial charge in [-0.05, 0) is 0 Å². The quantitative estimate of drug-likeness (QED) is 0.327. The summed E-state index contributed by atoms with van der Waals surface area (Å²) in [7, 11) is 1.33. The van der Waals surface area contributed by atoms with E-state index in [-0.39, 0.29) is 11.5 Å². The van der Waals surface area contributed by atoms with Gasteiger partial charge in [-0.2, -0.15) is 0 Å². The first-order chi connectivity index (χ1) is 3.79. The predicted molar refractivity (Wildman–Crippen MR) is 24.2 cm³/mol. The average Bonchev–Trinajstić information content (AvgIpc) is 2.41. The molecule has 1 aliphatic heterocycles. The molecule has 0 aromatic heterocycles. The topological polar surface area (TPSA) is 61.3 Å². The third kappa shape index (κ3) is 2.20. The minimum Gasteiger partial charge on any atom is -0.599 e. The third-order valence-electron chi connectivity index (χ3n) is 0.667. The van der Waals surface area contributed by atoms with E-state index >= 15 is 0 Å². The van der Waals surface area contributed by atoms with Crippen molar-refractivity contribution in [3.8, 4) is 0 Å². The van der Waals surface area contributed by atoms with Gasteiger partial charge < -0.3 is 9.94 Å². The molecule has 8 heavy (non-hydrogen) atoms. The van der Waals surface area contributed by atoms with Gasteiger partial charge in [0.05, 0.1) is 13.7 Å². The third-order valence-corrected chi connectivity index (χ3v) is 0.667. The fourth-order valence-electron chi connectivity index (χ4n) is 0.265. The summed E-state index contributed by atoms with van der Waals surface area (Å²) in [6.45, 7) is 0.632. The maximum absolute atomic E-state index is 10.0. The fraction of sp³-hybridized carbons (Fsp3) is 1.00. The molecule has 1 heterocycles. The summed E-state index contributed by atoms with van der Waals surface area (Å²) in [5.41, 5.74) is 2.38. The van der Waals surface area contributed by atoms with Crippen LogP contribution < -0.4 is 10.7 Å². The Morgan fingerprint density at radius 2 is 2.62 bits per heavy atom. The van der Waals surface area contributed by atoms with Gasteiger partial charge in [0.15, 0.2) is 6.23 Å². The molecule has 48 valence electrons.